The molecule has 1 aliphatic heterocycles. The SMILES string of the molecule is Cc1ccc(N2C=CN(C)[CH-]2)c(C)c1.[Ir].[c-]1ccc2c(c1-c1nnc(-c3cccc4c3CCC4)nn1)CCC2. The van der Waals surface area contributed by atoms with Gasteiger partial charge in [-0.2, -0.15) is 16.9 Å². The van der Waals surface area contributed by atoms with Crippen molar-refractivity contribution in [1.82, 2.24) is 25.3 Å². The van der Waals surface area contributed by atoms with Crippen molar-refractivity contribution >= 4 is 5.69 Å². The van der Waals surface area contributed by atoms with Crippen LogP contribution in [0.3, 0.4) is 0 Å². The van der Waals surface area contributed by atoms with E-state index in [0.717, 1.165) is 36.8 Å². The monoisotopic (exact) mass is 693 g/mol. The van der Waals surface area contributed by atoms with E-state index in [1.165, 1.54) is 51.9 Å². The molecule has 0 atom stereocenters. The smallest absolute Gasteiger partial charge is 0.202 e. The number of hydrogen-bond donors (Lipinski definition) is 0. The van der Waals surface area contributed by atoms with E-state index < -0.39 is 0 Å². The van der Waals surface area contributed by atoms with Crippen molar-refractivity contribution in [3.05, 3.63) is 107 Å². The first kappa shape index (κ1) is 27.2. The summed E-state index contributed by atoms with van der Waals surface area (Å²) in [5, 5.41) is 17.5. The first-order chi connectivity index (χ1) is 18.6. The first-order valence-electron chi connectivity index (χ1n) is 13.4. The van der Waals surface area contributed by atoms with Crippen LogP contribution in [0.15, 0.2) is 60.9 Å². The number of nitrogens with zero attached hydrogens (tertiary/aromatic N) is 6. The second-order valence-electron chi connectivity index (χ2n) is 10.3. The number of aromatic nitrogens is 4. The summed E-state index contributed by atoms with van der Waals surface area (Å²) in [5.74, 6) is 1.22. The largest absolute Gasteiger partial charge is 0.510 e. The van der Waals surface area contributed by atoms with Gasteiger partial charge in [-0.3, -0.25) is 0 Å². The number of fused-ring (bicyclic) bond motifs is 2. The fourth-order valence-electron chi connectivity index (χ4n) is 5.70. The van der Waals surface area contributed by atoms with Crippen LogP contribution in [0.5, 0.6) is 0 Å². The zero-order valence-electron chi connectivity index (χ0n) is 22.6. The Morgan fingerprint density at radius 2 is 1.51 bits per heavy atom. The van der Waals surface area contributed by atoms with E-state index in [9.17, 15) is 0 Å². The minimum Gasteiger partial charge on any atom is -0.510 e. The molecule has 0 N–H and O–H groups in total. The summed E-state index contributed by atoms with van der Waals surface area (Å²) < 4.78 is 0. The summed E-state index contributed by atoms with van der Waals surface area (Å²) in [6, 6.07) is 20.2. The van der Waals surface area contributed by atoms with Gasteiger partial charge in [0, 0.05) is 31.4 Å². The number of aryl methyl sites for hydroxylation is 4. The third-order valence-corrected chi connectivity index (χ3v) is 7.56. The maximum atomic E-state index is 4.38. The van der Waals surface area contributed by atoms with E-state index in [2.05, 4.69) is 101 Å². The topological polar surface area (TPSA) is 58.0 Å². The van der Waals surface area contributed by atoms with Crippen LogP contribution in [0.4, 0.5) is 5.69 Å². The Kier molecular flexibility index (Phi) is 8.20. The molecule has 0 fully saturated rings. The van der Waals surface area contributed by atoms with Crippen LogP contribution in [-0.2, 0) is 45.8 Å². The molecule has 2 heterocycles. The van der Waals surface area contributed by atoms with Gasteiger partial charge in [0.1, 0.15) is 5.82 Å². The van der Waals surface area contributed by atoms with Crippen molar-refractivity contribution < 1.29 is 20.1 Å². The molecule has 39 heavy (non-hydrogen) atoms. The van der Waals surface area contributed by atoms with Gasteiger partial charge in [-0.1, -0.05) is 54.3 Å². The van der Waals surface area contributed by atoms with Crippen LogP contribution in [0.1, 0.15) is 46.2 Å². The summed E-state index contributed by atoms with van der Waals surface area (Å²) in [6.45, 7) is 6.33. The molecule has 7 heteroatoms. The Bertz CT molecular complexity index is 1420. The summed E-state index contributed by atoms with van der Waals surface area (Å²) >= 11 is 0. The third kappa shape index (κ3) is 5.66. The molecule has 0 unspecified atom stereocenters. The average Bonchev–Trinajstić information content (AvgIpc) is 3.70. The van der Waals surface area contributed by atoms with E-state index in [1.54, 1.807) is 0 Å². The maximum absolute atomic E-state index is 4.38. The van der Waals surface area contributed by atoms with E-state index in [-0.39, 0.29) is 20.1 Å². The van der Waals surface area contributed by atoms with Crippen LogP contribution in [0.2, 0.25) is 0 Å². The van der Waals surface area contributed by atoms with Crippen LogP contribution >= 0.6 is 0 Å². The summed E-state index contributed by atoms with van der Waals surface area (Å²) in [7, 11) is 2.03. The van der Waals surface area contributed by atoms with Crippen LogP contribution in [0, 0.1) is 26.6 Å². The molecule has 6 nitrogen and oxygen atoms in total. The van der Waals surface area contributed by atoms with Crippen molar-refractivity contribution in [2.75, 3.05) is 11.9 Å². The zero-order valence-corrected chi connectivity index (χ0v) is 25.0. The Balaban J connectivity index is 0.000000177. The second-order valence-corrected chi connectivity index (χ2v) is 10.3. The van der Waals surface area contributed by atoms with E-state index >= 15 is 0 Å². The van der Waals surface area contributed by atoms with Gasteiger partial charge in [0.05, 0.1) is 0 Å². The molecular formula is C32H32IrN6-2. The Morgan fingerprint density at radius 1 is 0.795 bits per heavy atom. The predicted octanol–water partition coefficient (Wildman–Crippen LogP) is 6.02. The number of benzene rings is 3. The van der Waals surface area contributed by atoms with E-state index in [0.29, 0.717) is 11.6 Å². The first-order valence-corrected chi connectivity index (χ1v) is 13.4. The minimum absolute atomic E-state index is 0. The fraction of sp³-hybridized carbons (Fsp3) is 0.281. The van der Waals surface area contributed by atoms with Gasteiger partial charge in [0.25, 0.3) is 0 Å². The quantitative estimate of drug-likeness (QED) is 0.245. The molecule has 1 aromatic heterocycles. The second kappa shape index (κ2) is 11.8. The van der Waals surface area contributed by atoms with Gasteiger partial charge in [0.15, 0.2) is 0 Å². The normalized spacial score (nSPS) is 14.9. The van der Waals surface area contributed by atoms with Crippen LogP contribution in [0.25, 0.3) is 22.8 Å². The number of rotatable bonds is 3. The third-order valence-electron chi connectivity index (χ3n) is 7.56. The molecule has 3 aliphatic rings. The molecule has 0 saturated heterocycles. The zero-order chi connectivity index (χ0) is 26.1. The Morgan fingerprint density at radius 3 is 2.23 bits per heavy atom. The molecule has 0 bridgehead atoms. The molecule has 2 aliphatic carbocycles. The van der Waals surface area contributed by atoms with Gasteiger partial charge >= 0.3 is 0 Å². The molecule has 1 radical (unpaired) electrons. The summed E-state index contributed by atoms with van der Waals surface area (Å²) in [6.07, 6.45) is 10.9. The summed E-state index contributed by atoms with van der Waals surface area (Å²) in [5.41, 5.74) is 11.4. The van der Waals surface area contributed by atoms with Gasteiger partial charge in [0.2, 0.25) is 5.82 Å². The molecule has 0 saturated carbocycles. The Labute approximate surface area is 244 Å². The van der Waals surface area contributed by atoms with Gasteiger partial charge < -0.3 is 9.80 Å². The standard InChI is InChI=1S/C20H17N4.C12H15N2.Ir/c1-5-13-7-3-11-17(15(13)9-1)19-21-23-20(24-22-19)18-12-4-8-14-6-2-10-16(14)18;1-10-4-5-12(11(2)8-10)14-7-6-13(3)9-14;/h3-4,7-8,11H,1-2,5-6,9-10H2;4-9H,1-3H3;/q2*-1;. The molecular weight excluding hydrogens is 661 g/mol. The molecule has 0 spiro atoms. The van der Waals surface area contributed by atoms with Gasteiger partial charge in [-0.05, 0) is 81.7 Å². The maximum Gasteiger partial charge on any atom is 0.202 e. The van der Waals surface area contributed by atoms with Crippen molar-refractivity contribution in [3.63, 3.8) is 0 Å². The van der Waals surface area contributed by atoms with Crippen LogP contribution < -0.4 is 4.90 Å². The molecule has 3 aromatic carbocycles. The van der Waals surface area contributed by atoms with Crippen molar-refractivity contribution in [2.24, 2.45) is 0 Å². The molecule has 0 amide bonds. The summed E-state index contributed by atoms with van der Waals surface area (Å²) in [4.78, 5) is 4.17. The van der Waals surface area contributed by atoms with Crippen molar-refractivity contribution in [1.29, 1.82) is 0 Å². The minimum atomic E-state index is 0. The van der Waals surface area contributed by atoms with Crippen molar-refractivity contribution in [2.45, 2.75) is 52.4 Å². The van der Waals surface area contributed by atoms with Crippen molar-refractivity contribution in [3.8, 4) is 22.8 Å². The fourth-order valence-corrected chi connectivity index (χ4v) is 5.70. The molecule has 201 valence electrons. The van der Waals surface area contributed by atoms with E-state index in [1.807, 2.05) is 24.2 Å². The van der Waals surface area contributed by atoms with E-state index in [4.69, 9.17) is 0 Å². The molecule has 7 rings (SSSR count). The number of anilines is 1. The van der Waals surface area contributed by atoms with Crippen LogP contribution in [-0.4, -0.2) is 32.3 Å². The Hall–Kier alpha value is -3.41. The van der Waals surface area contributed by atoms with Gasteiger partial charge in [-0.25, -0.2) is 0 Å². The predicted molar refractivity (Wildman–Crippen MR) is 151 cm³/mol. The number of hydrogen-bond acceptors (Lipinski definition) is 6. The average molecular weight is 693 g/mol. The van der Waals surface area contributed by atoms with Gasteiger partial charge in [-0.15, -0.1) is 39.5 Å². The molecule has 4 aromatic rings.